The predicted octanol–water partition coefficient (Wildman–Crippen LogP) is 3.54. The number of benzene rings is 2. The number of nitrogens with zero attached hydrogens (tertiary/aromatic N) is 2. The van der Waals surface area contributed by atoms with Crippen LogP contribution >= 0.6 is 11.6 Å². The molecule has 3 aromatic rings. The zero-order valence-electron chi connectivity index (χ0n) is 13.1. The van der Waals surface area contributed by atoms with Crippen LogP contribution in [0, 0.1) is 0 Å². The summed E-state index contributed by atoms with van der Waals surface area (Å²) in [6.07, 6.45) is 3.61. The van der Waals surface area contributed by atoms with Crippen molar-refractivity contribution >= 4 is 40.3 Å². The van der Waals surface area contributed by atoms with Gasteiger partial charge in [0.25, 0.3) is 0 Å². The van der Waals surface area contributed by atoms with Crippen molar-refractivity contribution in [3.8, 4) is 5.75 Å². The fourth-order valence-corrected chi connectivity index (χ4v) is 2.81. The van der Waals surface area contributed by atoms with E-state index < -0.39 is 0 Å². The summed E-state index contributed by atoms with van der Waals surface area (Å²) in [5, 5.41) is 1.51. The molecule has 2 aromatic carbocycles. The zero-order valence-corrected chi connectivity index (χ0v) is 13.8. The first kappa shape index (κ1) is 16.1. The number of ether oxygens (including phenoxy) is 1. The van der Waals surface area contributed by atoms with Gasteiger partial charge in [0.05, 0.1) is 17.8 Å². The third-order valence-electron chi connectivity index (χ3n) is 3.63. The molecule has 0 aliphatic carbocycles. The Kier molecular flexibility index (Phi) is 4.53. The van der Waals surface area contributed by atoms with Crippen LogP contribution in [0.3, 0.4) is 0 Å². The van der Waals surface area contributed by atoms with Gasteiger partial charge in [-0.2, -0.15) is 0 Å². The molecule has 0 atom stereocenters. The molecule has 5 nitrogen and oxygen atoms in total. The molecule has 6 heteroatoms. The van der Waals surface area contributed by atoms with Gasteiger partial charge >= 0.3 is 0 Å². The van der Waals surface area contributed by atoms with Gasteiger partial charge in [0.15, 0.2) is 0 Å². The van der Waals surface area contributed by atoms with Crippen molar-refractivity contribution < 1.29 is 9.53 Å². The van der Waals surface area contributed by atoms with Crippen LogP contribution < -0.4 is 10.5 Å². The summed E-state index contributed by atoms with van der Waals surface area (Å²) in [5.41, 5.74) is 7.87. The van der Waals surface area contributed by atoms with Crippen molar-refractivity contribution in [3.05, 3.63) is 59.2 Å². The van der Waals surface area contributed by atoms with Crippen molar-refractivity contribution in [2.24, 2.45) is 10.7 Å². The van der Waals surface area contributed by atoms with Crippen molar-refractivity contribution in [3.63, 3.8) is 0 Å². The number of para-hydroxylation sites is 1. The summed E-state index contributed by atoms with van der Waals surface area (Å²) in [6.45, 7) is 0.128. The lowest BCUT2D eigenvalue weighted by molar-refractivity contribution is -0.118. The number of carbonyl (C=O) groups excluding carboxylic acids is 1. The van der Waals surface area contributed by atoms with Crippen LogP contribution in [0.5, 0.6) is 5.75 Å². The van der Waals surface area contributed by atoms with E-state index in [0.29, 0.717) is 16.5 Å². The van der Waals surface area contributed by atoms with Crippen molar-refractivity contribution in [2.45, 2.75) is 6.54 Å². The SMILES string of the molecule is COc1ccc(N=Cc2cn(CC(N)=O)c3ccccc23)cc1Cl. The summed E-state index contributed by atoms with van der Waals surface area (Å²) < 4.78 is 6.95. The van der Waals surface area contributed by atoms with E-state index in [2.05, 4.69) is 4.99 Å². The van der Waals surface area contributed by atoms with Gasteiger partial charge in [-0.1, -0.05) is 29.8 Å². The molecule has 0 aliphatic rings. The van der Waals surface area contributed by atoms with Crippen LogP contribution in [-0.2, 0) is 11.3 Å². The van der Waals surface area contributed by atoms with Gasteiger partial charge in [0, 0.05) is 28.9 Å². The molecular weight excluding hydrogens is 326 g/mol. The Morgan fingerprint density at radius 2 is 2.12 bits per heavy atom. The number of hydrogen-bond donors (Lipinski definition) is 1. The summed E-state index contributed by atoms with van der Waals surface area (Å²) in [4.78, 5) is 15.7. The standard InChI is InChI=1S/C18H16ClN3O2/c1-24-17-7-6-13(8-15(17)19)21-9-12-10-22(11-18(20)23)16-5-3-2-4-14(12)16/h2-10H,11H2,1H3,(H2,20,23). The molecule has 0 unspecified atom stereocenters. The minimum absolute atomic E-state index is 0.128. The molecule has 122 valence electrons. The highest BCUT2D eigenvalue weighted by Gasteiger charge is 2.08. The van der Waals surface area contributed by atoms with E-state index in [1.165, 1.54) is 0 Å². The van der Waals surface area contributed by atoms with E-state index in [1.54, 1.807) is 25.5 Å². The van der Waals surface area contributed by atoms with E-state index in [9.17, 15) is 4.79 Å². The first-order chi connectivity index (χ1) is 11.6. The molecule has 0 spiro atoms. The fraction of sp³-hybridized carbons (Fsp3) is 0.111. The van der Waals surface area contributed by atoms with Crippen LogP contribution in [0.15, 0.2) is 53.7 Å². The van der Waals surface area contributed by atoms with Crippen molar-refractivity contribution in [1.82, 2.24) is 4.57 Å². The molecule has 24 heavy (non-hydrogen) atoms. The molecule has 2 N–H and O–H groups in total. The summed E-state index contributed by atoms with van der Waals surface area (Å²) >= 11 is 6.11. The number of methoxy groups -OCH3 is 1. The van der Waals surface area contributed by atoms with Crippen molar-refractivity contribution in [2.75, 3.05) is 7.11 Å². The third kappa shape index (κ3) is 3.26. The predicted molar refractivity (Wildman–Crippen MR) is 96.4 cm³/mol. The minimum Gasteiger partial charge on any atom is -0.495 e. The maximum absolute atomic E-state index is 11.2. The maximum Gasteiger partial charge on any atom is 0.237 e. The lowest BCUT2D eigenvalue weighted by atomic mass is 10.2. The summed E-state index contributed by atoms with van der Waals surface area (Å²) in [5.74, 6) is 0.217. The highest BCUT2D eigenvalue weighted by atomic mass is 35.5. The third-order valence-corrected chi connectivity index (χ3v) is 3.93. The molecule has 0 saturated carbocycles. The number of amides is 1. The van der Waals surface area contributed by atoms with Gasteiger partial charge in [-0.15, -0.1) is 0 Å². The van der Waals surface area contributed by atoms with Gasteiger partial charge in [0.1, 0.15) is 12.3 Å². The van der Waals surface area contributed by atoms with Crippen LogP contribution in [-0.4, -0.2) is 23.8 Å². The van der Waals surface area contributed by atoms with Gasteiger partial charge in [-0.25, -0.2) is 0 Å². The molecule has 0 aliphatic heterocycles. The number of hydrogen-bond acceptors (Lipinski definition) is 3. The Labute approximate surface area is 144 Å². The largest absolute Gasteiger partial charge is 0.495 e. The number of primary amides is 1. The second-order valence-electron chi connectivity index (χ2n) is 5.27. The Hall–Kier alpha value is -2.79. The van der Waals surface area contributed by atoms with Crippen molar-refractivity contribution in [1.29, 1.82) is 0 Å². The molecule has 0 saturated heterocycles. The summed E-state index contributed by atoms with van der Waals surface area (Å²) in [7, 11) is 1.57. The van der Waals surface area contributed by atoms with Gasteiger partial charge in [0.2, 0.25) is 5.91 Å². The van der Waals surface area contributed by atoms with Crippen LogP contribution in [0.1, 0.15) is 5.56 Å². The first-order valence-corrected chi connectivity index (χ1v) is 7.70. The van der Waals surface area contributed by atoms with Crippen LogP contribution in [0.2, 0.25) is 5.02 Å². The molecule has 1 aromatic heterocycles. The minimum atomic E-state index is -0.388. The average molecular weight is 342 g/mol. The normalized spacial score (nSPS) is 11.2. The lowest BCUT2D eigenvalue weighted by Crippen LogP contribution is -2.17. The highest BCUT2D eigenvalue weighted by molar-refractivity contribution is 6.32. The van der Waals surface area contributed by atoms with E-state index in [4.69, 9.17) is 22.1 Å². The molecule has 1 amide bonds. The van der Waals surface area contributed by atoms with E-state index in [0.717, 1.165) is 16.5 Å². The number of nitrogens with two attached hydrogens (primary N) is 1. The zero-order chi connectivity index (χ0) is 17.1. The number of aliphatic imine (C=N–C) groups is 1. The topological polar surface area (TPSA) is 69.6 Å². The quantitative estimate of drug-likeness (QED) is 0.721. The Morgan fingerprint density at radius 1 is 1.33 bits per heavy atom. The van der Waals surface area contributed by atoms with Crippen LogP contribution in [0.25, 0.3) is 10.9 Å². The van der Waals surface area contributed by atoms with Crippen LogP contribution in [0.4, 0.5) is 5.69 Å². The molecule has 3 rings (SSSR count). The van der Waals surface area contributed by atoms with Gasteiger partial charge < -0.3 is 15.0 Å². The van der Waals surface area contributed by atoms with E-state index >= 15 is 0 Å². The van der Waals surface area contributed by atoms with E-state index in [1.807, 2.05) is 41.1 Å². The number of fused-ring (bicyclic) bond motifs is 1. The Morgan fingerprint density at radius 3 is 2.83 bits per heavy atom. The highest BCUT2D eigenvalue weighted by Crippen LogP contribution is 2.29. The number of rotatable bonds is 5. The fourth-order valence-electron chi connectivity index (χ4n) is 2.56. The maximum atomic E-state index is 11.2. The van der Waals surface area contributed by atoms with Gasteiger partial charge in [-0.3, -0.25) is 9.79 Å². The molecular formula is C18H16ClN3O2. The number of aromatic nitrogens is 1. The lowest BCUT2D eigenvalue weighted by Gasteiger charge is -2.02. The average Bonchev–Trinajstić information content (AvgIpc) is 2.90. The Balaban J connectivity index is 1.97. The monoisotopic (exact) mass is 341 g/mol. The molecule has 1 heterocycles. The Bertz CT molecular complexity index is 931. The number of carbonyl (C=O) groups is 1. The number of halogens is 1. The van der Waals surface area contributed by atoms with E-state index in [-0.39, 0.29) is 12.5 Å². The molecule has 0 fully saturated rings. The molecule has 0 radical (unpaired) electrons. The first-order valence-electron chi connectivity index (χ1n) is 7.32. The van der Waals surface area contributed by atoms with Gasteiger partial charge in [-0.05, 0) is 24.3 Å². The molecule has 0 bridgehead atoms. The second-order valence-corrected chi connectivity index (χ2v) is 5.68. The smallest absolute Gasteiger partial charge is 0.237 e. The second kappa shape index (κ2) is 6.76. The summed E-state index contributed by atoms with van der Waals surface area (Å²) in [6, 6.07) is 13.1.